The average Bonchev–Trinajstić information content (AvgIpc) is 2.71. The Kier molecular flexibility index (Phi) is 5.07. The van der Waals surface area contributed by atoms with Crippen molar-refractivity contribution < 1.29 is 9.18 Å². The van der Waals surface area contributed by atoms with Crippen molar-refractivity contribution in [2.75, 3.05) is 18.4 Å². The van der Waals surface area contributed by atoms with Crippen molar-refractivity contribution in [3.05, 3.63) is 66.2 Å². The molecule has 2 aromatic heterocycles. The van der Waals surface area contributed by atoms with Crippen molar-refractivity contribution in [3.63, 3.8) is 0 Å². The summed E-state index contributed by atoms with van der Waals surface area (Å²) in [5, 5.41) is 3.44. The third kappa shape index (κ3) is 3.95. The van der Waals surface area contributed by atoms with Crippen LogP contribution in [0.15, 0.2) is 54.9 Å². The van der Waals surface area contributed by atoms with E-state index >= 15 is 0 Å². The number of nitrogens with one attached hydrogen (secondary N) is 1. The first kappa shape index (κ1) is 17.5. The van der Waals surface area contributed by atoms with E-state index in [-0.39, 0.29) is 17.6 Å². The number of carbonyl (C=O) groups is 1. The van der Waals surface area contributed by atoms with E-state index < -0.39 is 0 Å². The lowest BCUT2D eigenvalue weighted by atomic mass is 9.95. The maximum Gasteiger partial charge on any atom is 0.228 e. The average molecular weight is 364 g/mol. The van der Waals surface area contributed by atoms with Crippen molar-refractivity contribution in [2.45, 2.75) is 19.4 Å². The standard InChI is InChI=1S/C21H21FN4O/c22-18-7-6-16(20-17(18)4-3-11-24-20)14-26-12-8-15(9-13-26)21(27)25-19-5-1-2-10-23-19/h1-7,10-11,15H,8-9,12-14H2,(H,23,25,27). The Balaban J connectivity index is 1.37. The molecule has 3 aromatic rings. The molecule has 0 aliphatic carbocycles. The normalized spacial score (nSPS) is 15.7. The molecule has 1 aliphatic rings. The molecule has 0 unspecified atom stereocenters. The predicted molar refractivity (Wildman–Crippen MR) is 103 cm³/mol. The first-order valence-corrected chi connectivity index (χ1v) is 9.17. The molecular formula is C21H21FN4O. The zero-order chi connectivity index (χ0) is 18.6. The van der Waals surface area contributed by atoms with Gasteiger partial charge in [0, 0.05) is 30.2 Å². The second-order valence-corrected chi connectivity index (χ2v) is 6.86. The smallest absolute Gasteiger partial charge is 0.228 e. The van der Waals surface area contributed by atoms with Crippen LogP contribution < -0.4 is 5.32 Å². The van der Waals surface area contributed by atoms with Gasteiger partial charge in [0.15, 0.2) is 0 Å². The van der Waals surface area contributed by atoms with Crippen molar-refractivity contribution in [2.24, 2.45) is 5.92 Å². The van der Waals surface area contributed by atoms with Gasteiger partial charge in [-0.1, -0.05) is 12.1 Å². The molecule has 5 nitrogen and oxygen atoms in total. The zero-order valence-electron chi connectivity index (χ0n) is 14.9. The van der Waals surface area contributed by atoms with Crippen LogP contribution >= 0.6 is 0 Å². The zero-order valence-corrected chi connectivity index (χ0v) is 14.9. The van der Waals surface area contributed by atoms with Gasteiger partial charge in [-0.3, -0.25) is 14.7 Å². The molecule has 1 saturated heterocycles. The number of halogens is 1. The molecule has 1 aromatic carbocycles. The molecule has 0 spiro atoms. The Labute approximate surface area is 157 Å². The van der Waals surface area contributed by atoms with Crippen LogP contribution in [0, 0.1) is 11.7 Å². The van der Waals surface area contributed by atoms with Crippen molar-refractivity contribution in [1.82, 2.24) is 14.9 Å². The molecule has 0 bridgehead atoms. The first-order chi connectivity index (χ1) is 13.2. The molecule has 1 aliphatic heterocycles. The summed E-state index contributed by atoms with van der Waals surface area (Å²) in [6.07, 6.45) is 4.95. The Morgan fingerprint density at radius 1 is 1.07 bits per heavy atom. The van der Waals surface area contributed by atoms with E-state index in [2.05, 4.69) is 20.2 Å². The van der Waals surface area contributed by atoms with Crippen LogP contribution in [0.2, 0.25) is 0 Å². The predicted octanol–water partition coefficient (Wildman–Crippen LogP) is 3.62. The van der Waals surface area contributed by atoms with Gasteiger partial charge in [0.25, 0.3) is 0 Å². The number of pyridine rings is 2. The molecule has 1 fully saturated rings. The lowest BCUT2D eigenvalue weighted by Crippen LogP contribution is -2.37. The summed E-state index contributed by atoms with van der Waals surface area (Å²) in [7, 11) is 0. The van der Waals surface area contributed by atoms with Crippen LogP contribution in [0.4, 0.5) is 10.2 Å². The van der Waals surface area contributed by atoms with Gasteiger partial charge in [0.1, 0.15) is 11.6 Å². The van der Waals surface area contributed by atoms with Crippen molar-refractivity contribution in [3.8, 4) is 0 Å². The van der Waals surface area contributed by atoms with Crippen LogP contribution in [-0.4, -0.2) is 33.9 Å². The number of carbonyl (C=O) groups excluding carboxylic acids is 1. The molecule has 27 heavy (non-hydrogen) atoms. The molecule has 3 heterocycles. The molecule has 4 rings (SSSR count). The van der Waals surface area contributed by atoms with Gasteiger partial charge in [-0.2, -0.15) is 0 Å². The highest BCUT2D eigenvalue weighted by atomic mass is 19.1. The Morgan fingerprint density at radius 3 is 2.67 bits per heavy atom. The van der Waals surface area contributed by atoms with Crippen LogP contribution in [0.3, 0.4) is 0 Å². The van der Waals surface area contributed by atoms with Gasteiger partial charge in [-0.15, -0.1) is 0 Å². The molecular weight excluding hydrogens is 343 g/mol. The van der Waals surface area contributed by atoms with Gasteiger partial charge < -0.3 is 5.32 Å². The lowest BCUT2D eigenvalue weighted by Gasteiger charge is -2.31. The van der Waals surface area contributed by atoms with Crippen LogP contribution in [0.1, 0.15) is 18.4 Å². The number of anilines is 1. The van der Waals surface area contributed by atoms with E-state index in [4.69, 9.17) is 0 Å². The summed E-state index contributed by atoms with van der Waals surface area (Å²) in [6, 6.07) is 12.3. The second kappa shape index (κ2) is 7.80. The highest BCUT2D eigenvalue weighted by Crippen LogP contribution is 2.24. The fourth-order valence-corrected chi connectivity index (χ4v) is 3.58. The third-order valence-electron chi connectivity index (χ3n) is 5.07. The fourth-order valence-electron chi connectivity index (χ4n) is 3.58. The molecule has 0 atom stereocenters. The topological polar surface area (TPSA) is 58.1 Å². The summed E-state index contributed by atoms with van der Waals surface area (Å²) in [5.74, 6) is 0.370. The van der Waals surface area contributed by atoms with Crippen LogP contribution in [0.5, 0.6) is 0 Å². The van der Waals surface area contributed by atoms with E-state index in [1.54, 1.807) is 30.6 Å². The minimum atomic E-state index is -0.244. The van der Waals surface area contributed by atoms with E-state index in [0.29, 0.717) is 23.3 Å². The number of likely N-dealkylation sites (tertiary alicyclic amines) is 1. The van der Waals surface area contributed by atoms with Gasteiger partial charge in [-0.25, -0.2) is 9.37 Å². The number of hydrogen-bond acceptors (Lipinski definition) is 4. The SMILES string of the molecule is O=C(Nc1ccccn1)C1CCN(Cc2ccc(F)c3cccnc23)CC1. The molecule has 1 N–H and O–H groups in total. The van der Waals surface area contributed by atoms with E-state index in [9.17, 15) is 9.18 Å². The molecule has 0 saturated carbocycles. The number of benzene rings is 1. The van der Waals surface area contributed by atoms with Crippen molar-refractivity contribution in [1.29, 1.82) is 0 Å². The molecule has 138 valence electrons. The third-order valence-corrected chi connectivity index (χ3v) is 5.07. The number of rotatable bonds is 4. The molecule has 1 amide bonds. The minimum absolute atomic E-state index is 0.00802. The first-order valence-electron chi connectivity index (χ1n) is 9.17. The highest BCUT2D eigenvalue weighted by molar-refractivity contribution is 5.91. The lowest BCUT2D eigenvalue weighted by molar-refractivity contribution is -0.121. The van der Waals surface area contributed by atoms with E-state index in [0.717, 1.165) is 31.5 Å². The summed E-state index contributed by atoms with van der Waals surface area (Å²) in [6.45, 7) is 2.36. The summed E-state index contributed by atoms with van der Waals surface area (Å²) >= 11 is 0. The summed E-state index contributed by atoms with van der Waals surface area (Å²) in [4.78, 5) is 23.2. The maximum atomic E-state index is 14.0. The fraction of sp³-hybridized carbons (Fsp3) is 0.286. The monoisotopic (exact) mass is 364 g/mol. The molecule has 0 radical (unpaired) electrons. The largest absolute Gasteiger partial charge is 0.310 e. The number of piperidine rings is 1. The highest BCUT2D eigenvalue weighted by Gasteiger charge is 2.25. The number of aromatic nitrogens is 2. The minimum Gasteiger partial charge on any atom is -0.310 e. The van der Waals surface area contributed by atoms with E-state index in [1.807, 2.05) is 18.2 Å². The van der Waals surface area contributed by atoms with E-state index in [1.165, 1.54) is 6.07 Å². The van der Waals surface area contributed by atoms with Crippen LogP contribution in [-0.2, 0) is 11.3 Å². The van der Waals surface area contributed by atoms with Gasteiger partial charge in [0.2, 0.25) is 5.91 Å². The quantitative estimate of drug-likeness (QED) is 0.768. The Morgan fingerprint density at radius 2 is 1.89 bits per heavy atom. The summed E-state index contributed by atoms with van der Waals surface area (Å²) in [5.41, 5.74) is 1.73. The van der Waals surface area contributed by atoms with Gasteiger partial charge in [-0.05, 0) is 61.8 Å². The van der Waals surface area contributed by atoms with Gasteiger partial charge in [0.05, 0.1) is 5.52 Å². The van der Waals surface area contributed by atoms with Crippen LogP contribution in [0.25, 0.3) is 10.9 Å². The maximum absolute atomic E-state index is 14.0. The second-order valence-electron chi connectivity index (χ2n) is 6.86. The number of hydrogen-bond donors (Lipinski definition) is 1. The summed E-state index contributed by atoms with van der Waals surface area (Å²) < 4.78 is 14.0. The van der Waals surface area contributed by atoms with Crippen molar-refractivity contribution >= 4 is 22.6 Å². The molecule has 6 heteroatoms. The number of amides is 1. The Hall–Kier alpha value is -2.86. The Bertz CT molecular complexity index is 939. The number of nitrogens with zero attached hydrogens (tertiary/aromatic N) is 3. The number of fused-ring (bicyclic) bond motifs is 1. The van der Waals surface area contributed by atoms with Gasteiger partial charge >= 0.3 is 0 Å².